The number of rotatable bonds is 4. The van der Waals surface area contributed by atoms with Gasteiger partial charge in [-0.1, -0.05) is 12.1 Å². The molecule has 1 aromatic rings. The molecule has 0 unspecified atom stereocenters. The highest BCUT2D eigenvalue weighted by atomic mass is 16.6. The van der Waals surface area contributed by atoms with E-state index in [-0.39, 0.29) is 17.2 Å². The molecule has 0 aromatic heterocycles. The van der Waals surface area contributed by atoms with Crippen LogP contribution in [0.1, 0.15) is 15.9 Å². The highest BCUT2D eigenvalue weighted by molar-refractivity contribution is 6.02. The fourth-order valence-electron chi connectivity index (χ4n) is 2.82. The van der Waals surface area contributed by atoms with Crippen LogP contribution < -0.4 is 0 Å². The molecule has 1 aromatic carbocycles. The van der Waals surface area contributed by atoms with Crippen molar-refractivity contribution in [3.63, 3.8) is 0 Å². The smallest absolute Gasteiger partial charge is 0.282 e. The Hall–Kier alpha value is -1.99. The van der Waals surface area contributed by atoms with Crippen LogP contribution in [-0.2, 0) is 11.3 Å². The summed E-state index contributed by atoms with van der Waals surface area (Å²) in [5.41, 5.74) is 0.909. The van der Waals surface area contributed by atoms with Gasteiger partial charge in [0.2, 0.25) is 0 Å². The second-order valence-electron chi connectivity index (χ2n) is 5.25. The van der Waals surface area contributed by atoms with E-state index in [1.807, 2.05) is 0 Å². The molecule has 112 valence electrons. The van der Waals surface area contributed by atoms with E-state index in [2.05, 4.69) is 4.90 Å². The van der Waals surface area contributed by atoms with Crippen molar-refractivity contribution in [2.45, 2.75) is 6.54 Å². The third-order valence-corrected chi connectivity index (χ3v) is 3.98. The van der Waals surface area contributed by atoms with Crippen molar-refractivity contribution in [2.24, 2.45) is 0 Å². The van der Waals surface area contributed by atoms with Crippen molar-refractivity contribution in [3.8, 4) is 0 Å². The minimum absolute atomic E-state index is 0.0913. The highest BCUT2D eigenvalue weighted by Gasteiger charge is 2.34. The first kappa shape index (κ1) is 14.0. The van der Waals surface area contributed by atoms with Crippen molar-refractivity contribution in [1.29, 1.82) is 0 Å². The monoisotopic (exact) mass is 291 g/mol. The largest absolute Gasteiger partial charge is 0.379 e. The standard InChI is InChI=1S/C14H17N3O4/c18-14-13-11(2-1-3-12(13)17(19)20)10-16(14)5-4-15-6-8-21-9-7-15/h1-3H,4-10H2. The van der Waals surface area contributed by atoms with Gasteiger partial charge in [0.1, 0.15) is 5.56 Å². The molecule has 1 amide bonds. The highest BCUT2D eigenvalue weighted by Crippen LogP contribution is 2.30. The maximum absolute atomic E-state index is 12.4. The number of amides is 1. The Morgan fingerprint density at radius 2 is 2.00 bits per heavy atom. The van der Waals surface area contributed by atoms with Gasteiger partial charge in [-0.2, -0.15) is 0 Å². The molecular formula is C14H17N3O4. The number of ether oxygens (including phenoxy) is 1. The van der Waals surface area contributed by atoms with Crippen molar-refractivity contribution in [2.75, 3.05) is 39.4 Å². The lowest BCUT2D eigenvalue weighted by atomic mass is 10.1. The second kappa shape index (κ2) is 5.79. The number of carbonyl (C=O) groups is 1. The molecule has 2 aliphatic heterocycles. The molecule has 0 spiro atoms. The van der Waals surface area contributed by atoms with E-state index in [1.54, 1.807) is 17.0 Å². The summed E-state index contributed by atoms with van der Waals surface area (Å²) < 4.78 is 5.29. The Morgan fingerprint density at radius 1 is 1.24 bits per heavy atom. The van der Waals surface area contributed by atoms with Gasteiger partial charge in [-0.05, 0) is 5.56 Å². The molecule has 2 heterocycles. The van der Waals surface area contributed by atoms with Crippen LogP contribution in [0.5, 0.6) is 0 Å². The number of hydrogen-bond donors (Lipinski definition) is 0. The van der Waals surface area contributed by atoms with Crippen LogP contribution in [0.4, 0.5) is 5.69 Å². The molecule has 21 heavy (non-hydrogen) atoms. The van der Waals surface area contributed by atoms with E-state index in [1.165, 1.54) is 6.07 Å². The molecule has 2 aliphatic rings. The first-order valence-electron chi connectivity index (χ1n) is 7.02. The van der Waals surface area contributed by atoms with Gasteiger partial charge in [0.05, 0.1) is 18.1 Å². The van der Waals surface area contributed by atoms with E-state index in [0.29, 0.717) is 13.1 Å². The summed E-state index contributed by atoms with van der Waals surface area (Å²) in [7, 11) is 0. The van der Waals surface area contributed by atoms with Gasteiger partial charge in [-0.15, -0.1) is 0 Å². The first-order valence-corrected chi connectivity index (χ1v) is 7.02. The van der Waals surface area contributed by atoms with Gasteiger partial charge in [-0.3, -0.25) is 19.8 Å². The lowest BCUT2D eigenvalue weighted by Gasteiger charge is -2.28. The molecule has 7 heteroatoms. The maximum atomic E-state index is 12.4. The molecule has 0 atom stereocenters. The van der Waals surface area contributed by atoms with Gasteiger partial charge < -0.3 is 9.64 Å². The number of benzene rings is 1. The normalized spacial score (nSPS) is 18.9. The summed E-state index contributed by atoms with van der Waals surface area (Å²) in [5, 5.41) is 11.0. The van der Waals surface area contributed by atoms with E-state index in [0.717, 1.165) is 38.4 Å². The number of nitro groups is 1. The Kier molecular flexibility index (Phi) is 3.85. The topological polar surface area (TPSA) is 75.9 Å². The van der Waals surface area contributed by atoms with Crippen molar-refractivity contribution in [3.05, 3.63) is 39.4 Å². The Bertz CT molecular complexity index is 569. The summed E-state index contributed by atoms with van der Waals surface area (Å²) in [6.45, 7) is 5.01. The fourth-order valence-corrected chi connectivity index (χ4v) is 2.82. The molecule has 3 rings (SSSR count). The molecule has 7 nitrogen and oxygen atoms in total. The zero-order chi connectivity index (χ0) is 14.8. The number of nitro benzene ring substituents is 1. The minimum atomic E-state index is -0.484. The number of nitrogens with zero attached hydrogens (tertiary/aromatic N) is 3. The predicted molar refractivity (Wildman–Crippen MR) is 75.1 cm³/mol. The van der Waals surface area contributed by atoms with E-state index < -0.39 is 4.92 Å². The maximum Gasteiger partial charge on any atom is 0.282 e. The third kappa shape index (κ3) is 2.74. The molecule has 0 saturated carbocycles. The summed E-state index contributed by atoms with van der Waals surface area (Å²) in [6.07, 6.45) is 0. The van der Waals surface area contributed by atoms with Crippen LogP contribution in [0.2, 0.25) is 0 Å². The first-order chi connectivity index (χ1) is 10.2. The van der Waals surface area contributed by atoms with Crippen LogP contribution >= 0.6 is 0 Å². The van der Waals surface area contributed by atoms with Crippen LogP contribution in [0, 0.1) is 10.1 Å². The summed E-state index contributed by atoms with van der Waals surface area (Å²) in [5.74, 6) is -0.231. The van der Waals surface area contributed by atoms with Crippen LogP contribution in [0.3, 0.4) is 0 Å². The predicted octanol–water partition coefficient (Wildman–Crippen LogP) is 0.883. The quantitative estimate of drug-likeness (QED) is 0.608. The molecule has 1 saturated heterocycles. The van der Waals surface area contributed by atoms with Crippen molar-refractivity contribution >= 4 is 11.6 Å². The minimum Gasteiger partial charge on any atom is -0.379 e. The molecule has 0 bridgehead atoms. The second-order valence-corrected chi connectivity index (χ2v) is 5.25. The average molecular weight is 291 g/mol. The molecule has 0 N–H and O–H groups in total. The fraction of sp³-hybridized carbons (Fsp3) is 0.500. The summed E-state index contributed by atoms with van der Waals surface area (Å²) in [4.78, 5) is 26.9. The number of morpholine rings is 1. The van der Waals surface area contributed by atoms with Crippen LogP contribution in [-0.4, -0.2) is 60.0 Å². The molecule has 0 aliphatic carbocycles. The van der Waals surface area contributed by atoms with Gasteiger partial charge in [0.15, 0.2) is 0 Å². The van der Waals surface area contributed by atoms with Crippen molar-refractivity contribution < 1.29 is 14.5 Å². The zero-order valence-electron chi connectivity index (χ0n) is 11.7. The average Bonchev–Trinajstić information content (AvgIpc) is 2.83. The lowest BCUT2D eigenvalue weighted by molar-refractivity contribution is -0.385. The Morgan fingerprint density at radius 3 is 2.71 bits per heavy atom. The number of carbonyl (C=O) groups excluding carboxylic acids is 1. The van der Waals surface area contributed by atoms with E-state index >= 15 is 0 Å². The Balaban J connectivity index is 1.69. The summed E-state index contributed by atoms with van der Waals surface area (Å²) >= 11 is 0. The Labute approximate surface area is 122 Å². The van der Waals surface area contributed by atoms with Gasteiger partial charge >= 0.3 is 0 Å². The number of fused-ring (bicyclic) bond motifs is 1. The molecule has 1 fully saturated rings. The SMILES string of the molecule is O=C1c2c(cccc2[N+](=O)[O-])CN1CCN1CCOCC1. The van der Waals surface area contributed by atoms with Crippen molar-refractivity contribution in [1.82, 2.24) is 9.80 Å². The van der Waals surface area contributed by atoms with E-state index in [4.69, 9.17) is 4.74 Å². The molecular weight excluding hydrogens is 274 g/mol. The lowest BCUT2D eigenvalue weighted by Crippen LogP contribution is -2.41. The molecule has 0 radical (unpaired) electrons. The van der Waals surface area contributed by atoms with Gasteiger partial charge in [0, 0.05) is 38.8 Å². The third-order valence-electron chi connectivity index (χ3n) is 3.98. The van der Waals surface area contributed by atoms with Crippen LogP contribution in [0.25, 0.3) is 0 Å². The van der Waals surface area contributed by atoms with Gasteiger partial charge in [0.25, 0.3) is 11.6 Å². The van der Waals surface area contributed by atoms with Gasteiger partial charge in [-0.25, -0.2) is 0 Å². The number of hydrogen-bond acceptors (Lipinski definition) is 5. The van der Waals surface area contributed by atoms with E-state index in [9.17, 15) is 14.9 Å². The zero-order valence-corrected chi connectivity index (χ0v) is 11.7. The van der Waals surface area contributed by atoms with Crippen LogP contribution in [0.15, 0.2) is 18.2 Å². The summed E-state index contributed by atoms with van der Waals surface area (Å²) in [6, 6.07) is 4.81.